The fourth-order valence-electron chi connectivity index (χ4n) is 3.89. The number of hydrogen-bond acceptors (Lipinski definition) is 3. The maximum Gasteiger partial charge on any atom is 0.107 e. The number of halogens is 1. The average Bonchev–Trinajstić information content (AvgIpc) is 2.52. The number of aliphatic hydroxyl groups is 2. The molecule has 26 heavy (non-hydrogen) atoms. The van der Waals surface area contributed by atoms with Crippen molar-refractivity contribution in [3.63, 3.8) is 0 Å². The first kappa shape index (κ1) is 19.8. The van der Waals surface area contributed by atoms with Crippen LogP contribution in [0.2, 0.25) is 0 Å². The second-order valence-corrected chi connectivity index (χ2v) is 9.69. The molecule has 1 aliphatic rings. The first-order valence-corrected chi connectivity index (χ1v) is 10.3. The van der Waals surface area contributed by atoms with Crippen LogP contribution in [0.15, 0.2) is 24.3 Å². The molecule has 2 N–H and O–H groups in total. The average molecular weight is 465 g/mol. The topological polar surface area (TPSA) is 53.4 Å². The molecule has 0 saturated heterocycles. The molecule has 1 aliphatic carbocycles. The van der Waals surface area contributed by atoms with E-state index in [0.29, 0.717) is 0 Å². The van der Waals surface area contributed by atoms with Crippen LogP contribution in [0.5, 0.6) is 0 Å². The van der Waals surface area contributed by atoms with Gasteiger partial charge in [-0.2, -0.15) is 0 Å². The predicted octanol–water partition coefficient (Wildman–Crippen LogP) is 5.21. The molecule has 0 fully saturated rings. The summed E-state index contributed by atoms with van der Waals surface area (Å²) in [6, 6.07) is 7.98. The largest absolute Gasteiger partial charge is 0.388 e. The van der Waals surface area contributed by atoms with E-state index in [1.807, 2.05) is 31.2 Å². The first-order valence-electron chi connectivity index (χ1n) is 9.25. The Morgan fingerprint density at radius 1 is 1.19 bits per heavy atom. The molecule has 3 nitrogen and oxygen atoms in total. The van der Waals surface area contributed by atoms with Gasteiger partial charge in [0.25, 0.3) is 0 Å². The smallest absolute Gasteiger partial charge is 0.107 e. The lowest BCUT2D eigenvalue weighted by Gasteiger charge is -2.36. The van der Waals surface area contributed by atoms with Gasteiger partial charge in [-0.1, -0.05) is 57.5 Å². The number of pyridine rings is 1. The molecule has 2 aromatic rings. The minimum atomic E-state index is -0.736. The van der Waals surface area contributed by atoms with Gasteiger partial charge in [-0.05, 0) is 59.3 Å². The van der Waals surface area contributed by atoms with E-state index in [0.717, 1.165) is 44.5 Å². The summed E-state index contributed by atoms with van der Waals surface area (Å²) in [7, 11) is 0. The van der Waals surface area contributed by atoms with E-state index in [-0.39, 0.29) is 11.3 Å². The molecule has 4 heteroatoms. The van der Waals surface area contributed by atoms with E-state index < -0.39 is 12.2 Å². The Kier molecular flexibility index (Phi) is 5.48. The molecule has 0 saturated carbocycles. The molecule has 140 valence electrons. The van der Waals surface area contributed by atoms with Gasteiger partial charge in [0, 0.05) is 20.4 Å². The highest BCUT2D eigenvalue weighted by Gasteiger charge is 2.36. The van der Waals surface area contributed by atoms with Crippen LogP contribution in [0, 0.1) is 15.9 Å². The van der Waals surface area contributed by atoms with Gasteiger partial charge in [0.1, 0.15) is 6.10 Å². The summed E-state index contributed by atoms with van der Waals surface area (Å²) >= 11 is 2.30. The summed E-state index contributed by atoms with van der Waals surface area (Å²) in [6.45, 7) is 10.6. The Morgan fingerprint density at radius 3 is 2.38 bits per heavy atom. The quantitative estimate of drug-likeness (QED) is 0.613. The minimum absolute atomic E-state index is 0.0356. The van der Waals surface area contributed by atoms with Crippen LogP contribution >= 0.6 is 22.6 Å². The van der Waals surface area contributed by atoms with E-state index in [1.165, 1.54) is 5.56 Å². The SMILES string of the molecule is Cc1ccc([C@@H](O)c2c(C(C)C)nc3c(c2I)[C@@H](O)CC(C)(C)C3)cc1. The molecule has 3 rings (SSSR count). The summed E-state index contributed by atoms with van der Waals surface area (Å²) < 4.78 is 0.965. The van der Waals surface area contributed by atoms with Crippen LogP contribution in [0.4, 0.5) is 0 Å². The number of nitrogens with zero attached hydrogens (tertiary/aromatic N) is 1. The van der Waals surface area contributed by atoms with Crippen molar-refractivity contribution in [2.45, 2.75) is 65.6 Å². The number of hydrogen-bond donors (Lipinski definition) is 2. The lowest BCUT2D eigenvalue weighted by Crippen LogP contribution is -2.29. The third-order valence-electron chi connectivity index (χ3n) is 5.25. The molecular weight excluding hydrogens is 437 g/mol. The molecule has 0 amide bonds. The highest BCUT2D eigenvalue weighted by molar-refractivity contribution is 14.1. The van der Waals surface area contributed by atoms with Crippen molar-refractivity contribution in [1.29, 1.82) is 0 Å². The number of benzene rings is 1. The van der Waals surface area contributed by atoms with Crippen molar-refractivity contribution >= 4 is 22.6 Å². The normalized spacial score (nSPS) is 20.1. The summed E-state index contributed by atoms with van der Waals surface area (Å²) in [5.41, 5.74) is 5.75. The molecule has 0 bridgehead atoms. The Hall–Kier alpha value is -0.980. The third-order valence-corrected chi connectivity index (χ3v) is 6.42. The number of rotatable bonds is 3. The summed E-state index contributed by atoms with van der Waals surface area (Å²) in [5, 5.41) is 22.0. The van der Waals surface area contributed by atoms with Crippen molar-refractivity contribution < 1.29 is 10.2 Å². The van der Waals surface area contributed by atoms with E-state index in [2.05, 4.69) is 50.3 Å². The molecular formula is C22H28INO2. The Labute approximate surface area is 170 Å². The Morgan fingerprint density at radius 2 is 1.81 bits per heavy atom. The van der Waals surface area contributed by atoms with Gasteiger partial charge in [-0.15, -0.1) is 0 Å². The zero-order valence-electron chi connectivity index (χ0n) is 16.2. The fourth-order valence-corrected chi connectivity index (χ4v) is 5.13. The second-order valence-electron chi connectivity index (χ2n) is 8.61. The lowest BCUT2D eigenvalue weighted by atomic mass is 9.74. The van der Waals surface area contributed by atoms with E-state index >= 15 is 0 Å². The number of aliphatic hydroxyl groups excluding tert-OH is 2. The highest BCUT2D eigenvalue weighted by atomic mass is 127. The summed E-state index contributed by atoms with van der Waals surface area (Å²) in [5.74, 6) is 0.200. The lowest BCUT2D eigenvalue weighted by molar-refractivity contribution is 0.0966. The summed E-state index contributed by atoms with van der Waals surface area (Å²) in [4.78, 5) is 4.96. The number of aryl methyl sites for hydroxylation is 1. The zero-order valence-corrected chi connectivity index (χ0v) is 18.3. The van der Waals surface area contributed by atoms with Crippen molar-refractivity contribution in [1.82, 2.24) is 4.98 Å². The highest BCUT2D eigenvalue weighted by Crippen LogP contribution is 2.45. The van der Waals surface area contributed by atoms with Crippen LogP contribution in [0.3, 0.4) is 0 Å². The van der Waals surface area contributed by atoms with Gasteiger partial charge in [-0.25, -0.2) is 0 Å². The Balaban J connectivity index is 2.19. The van der Waals surface area contributed by atoms with Crippen molar-refractivity contribution in [3.05, 3.63) is 61.5 Å². The molecule has 0 spiro atoms. The van der Waals surface area contributed by atoms with Crippen LogP contribution in [0.1, 0.15) is 85.9 Å². The van der Waals surface area contributed by atoms with Gasteiger partial charge in [0.2, 0.25) is 0 Å². The maximum atomic E-state index is 11.2. The molecule has 0 aliphatic heterocycles. The van der Waals surface area contributed by atoms with Crippen molar-refractivity contribution in [2.24, 2.45) is 5.41 Å². The van der Waals surface area contributed by atoms with Gasteiger partial charge < -0.3 is 10.2 Å². The molecule has 0 unspecified atom stereocenters. The molecule has 0 radical (unpaired) electrons. The molecule has 2 atom stereocenters. The minimum Gasteiger partial charge on any atom is -0.388 e. The molecule has 1 heterocycles. The fraction of sp³-hybridized carbons (Fsp3) is 0.500. The van der Waals surface area contributed by atoms with E-state index in [9.17, 15) is 10.2 Å². The van der Waals surface area contributed by atoms with Crippen molar-refractivity contribution in [3.8, 4) is 0 Å². The van der Waals surface area contributed by atoms with Gasteiger partial charge in [0.05, 0.1) is 11.8 Å². The standard InChI is InChI=1S/C22H28INO2/c1-12(2)20-18(21(26)14-8-6-13(3)7-9-14)19(23)17-15(24-20)10-22(4,5)11-16(17)25/h6-9,12,16,21,25-26H,10-11H2,1-5H3/t16-,21+/m0/s1. The van der Waals surface area contributed by atoms with E-state index in [1.54, 1.807) is 0 Å². The van der Waals surface area contributed by atoms with Crippen LogP contribution in [-0.2, 0) is 6.42 Å². The molecule has 1 aromatic heterocycles. The van der Waals surface area contributed by atoms with Crippen molar-refractivity contribution in [2.75, 3.05) is 0 Å². The van der Waals surface area contributed by atoms with Crippen LogP contribution in [0.25, 0.3) is 0 Å². The first-order chi connectivity index (χ1) is 12.1. The van der Waals surface area contributed by atoms with Gasteiger partial charge >= 0.3 is 0 Å². The predicted molar refractivity (Wildman–Crippen MR) is 113 cm³/mol. The van der Waals surface area contributed by atoms with Crippen LogP contribution in [-0.4, -0.2) is 15.2 Å². The Bertz CT molecular complexity index is 812. The monoisotopic (exact) mass is 465 g/mol. The zero-order chi connectivity index (χ0) is 19.2. The third kappa shape index (κ3) is 3.69. The maximum absolute atomic E-state index is 11.2. The van der Waals surface area contributed by atoms with Gasteiger partial charge in [0.15, 0.2) is 0 Å². The summed E-state index contributed by atoms with van der Waals surface area (Å²) in [6.07, 6.45) is 0.313. The van der Waals surface area contributed by atoms with Gasteiger partial charge in [-0.3, -0.25) is 4.98 Å². The van der Waals surface area contributed by atoms with Crippen LogP contribution < -0.4 is 0 Å². The second kappa shape index (κ2) is 7.21. The van der Waals surface area contributed by atoms with E-state index in [4.69, 9.17) is 4.98 Å². The number of aromatic nitrogens is 1. The molecule has 1 aromatic carbocycles. The number of fused-ring (bicyclic) bond motifs is 1.